The van der Waals surface area contributed by atoms with Gasteiger partial charge in [0.1, 0.15) is 5.75 Å². The summed E-state index contributed by atoms with van der Waals surface area (Å²) in [5, 5.41) is 18.6. The third-order valence-electron chi connectivity index (χ3n) is 5.10. The van der Waals surface area contributed by atoms with Crippen LogP contribution in [0.25, 0.3) is 21.8 Å². The van der Waals surface area contributed by atoms with Crippen LogP contribution in [-0.2, 0) is 0 Å². The van der Waals surface area contributed by atoms with E-state index < -0.39 is 0 Å². The quantitative estimate of drug-likeness (QED) is 0.360. The zero-order valence-corrected chi connectivity index (χ0v) is 18.0. The zero-order valence-electron chi connectivity index (χ0n) is 18.0. The molecule has 5 rings (SSSR count). The van der Waals surface area contributed by atoms with Crippen LogP contribution in [0.2, 0.25) is 0 Å². The van der Waals surface area contributed by atoms with Crippen LogP contribution in [0, 0.1) is 11.3 Å². The van der Waals surface area contributed by atoms with Gasteiger partial charge in [-0.05, 0) is 48.9 Å². The van der Waals surface area contributed by atoms with E-state index in [2.05, 4.69) is 28.8 Å². The number of benzene rings is 3. The van der Waals surface area contributed by atoms with Crippen LogP contribution in [0.1, 0.15) is 18.9 Å². The monoisotopic (exact) mass is 435 g/mol. The molecule has 0 fully saturated rings. The van der Waals surface area contributed by atoms with Gasteiger partial charge in [-0.1, -0.05) is 25.1 Å². The molecule has 0 saturated carbocycles. The number of rotatable bonds is 7. The lowest BCUT2D eigenvalue weighted by Crippen LogP contribution is -2.13. The van der Waals surface area contributed by atoms with Crippen molar-refractivity contribution >= 4 is 39.3 Å². The predicted molar refractivity (Wildman–Crippen MR) is 129 cm³/mol. The third-order valence-corrected chi connectivity index (χ3v) is 5.10. The molecule has 8 nitrogen and oxygen atoms in total. The molecule has 0 saturated heterocycles. The highest BCUT2D eigenvalue weighted by atomic mass is 16.5. The molecule has 0 amide bonds. The van der Waals surface area contributed by atoms with Crippen molar-refractivity contribution in [2.75, 3.05) is 17.3 Å². The number of fused-ring (bicyclic) bond motifs is 2. The Bertz CT molecular complexity index is 1470. The highest BCUT2D eigenvalue weighted by Crippen LogP contribution is 2.28. The Kier molecular flexibility index (Phi) is 5.43. The summed E-state index contributed by atoms with van der Waals surface area (Å²) in [6, 6.07) is 23.0. The number of anilines is 3. The van der Waals surface area contributed by atoms with Crippen molar-refractivity contribution in [3.05, 3.63) is 78.5 Å². The summed E-state index contributed by atoms with van der Waals surface area (Å²) >= 11 is 0. The normalized spacial score (nSPS) is 10.8. The second-order valence-corrected chi connectivity index (χ2v) is 7.46. The number of nitriles is 1. The second-order valence-electron chi connectivity index (χ2n) is 7.46. The van der Waals surface area contributed by atoms with E-state index in [4.69, 9.17) is 20.0 Å². The minimum absolute atomic E-state index is 0.416. The topological polar surface area (TPSA) is 101 Å². The van der Waals surface area contributed by atoms with E-state index >= 15 is 0 Å². The minimum atomic E-state index is 0.416. The zero-order chi connectivity index (χ0) is 22.6. The van der Waals surface area contributed by atoms with Gasteiger partial charge in [-0.2, -0.15) is 20.1 Å². The van der Waals surface area contributed by atoms with E-state index in [-0.39, 0.29) is 0 Å². The molecule has 0 spiro atoms. The molecule has 3 aromatic carbocycles. The van der Waals surface area contributed by atoms with E-state index in [1.807, 2.05) is 54.6 Å². The fourth-order valence-electron chi connectivity index (χ4n) is 3.48. The van der Waals surface area contributed by atoms with Crippen LogP contribution in [0.3, 0.4) is 0 Å². The van der Waals surface area contributed by atoms with Crippen LogP contribution in [0.5, 0.6) is 5.75 Å². The van der Waals surface area contributed by atoms with Crippen molar-refractivity contribution in [1.29, 1.82) is 5.26 Å². The molecule has 33 heavy (non-hydrogen) atoms. The predicted octanol–water partition coefficient (Wildman–Crippen LogP) is 5.26. The summed E-state index contributed by atoms with van der Waals surface area (Å²) in [5.74, 6) is 1.77. The lowest BCUT2D eigenvalue weighted by atomic mass is 10.2. The Balaban J connectivity index is 1.56. The smallest absolute Gasteiger partial charge is 0.229 e. The van der Waals surface area contributed by atoms with Crippen molar-refractivity contribution in [3.63, 3.8) is 0 Å². The van der Waals surface area contributed by atoms with Gasteiger partial charge in [0.15, 0.2) is 5.82 Å². The van der Waals surface area contributed by atoms with E-state index in [1.165, 1.54) is 0 Å². The maximum atomic E-state index is 9.03. The average Bonchev–Trinajstić information content (AvgIpc) is 3.26. The van der Waals surface area contributed by atoms with Gasteiger partial charge in [-0.15, -0.1) is 0 Å². The number of nitrogens with zero attached hydrogens (tertiary/aromatic N) is 5. The standard InChI is InChI=1S/C25H21N7O/c1-2-13-33-20-11-12-21-22(14-20)29-25(28-19-9-7-17(15-26)8-10-19)30-24(21)31-32-23-6-4-3-5-18(23)16-27-32/h3-12,14,16H,2,13H2,1H3,(H2,28,29,30,31). The molecule has 2 N–H and O–H groups in total. The summed E-state index contributed by atoms with van der Waals surface area (Å²) < 4.78 is 5.80. The van der Waals surface area contributed by atoms with Crippen LogP contribution in [-0.4, -0.2) is 26.5 Å². The Morgan fingerprint density at radius 2 is 1.88 bits per heavy atom. The molecule has 0 radical (unpaired) electrons. The van der Waals surface area contributed by atoms with Crippen LogP contribution in [0.15, 0.2) is 72.9 Å². The summed E-state index contributed by atoms with van der Waals surface area (Å²) in [6.07, 6.45) is 2.73. The van der Waals surface area contributed by atoms with Crippen molar-refractivity contribution in [2.45, 2.75) is 13.3 Å². The molecule has 0 aliphatic heterocycles. The molecule has 0 aliphatic rings. The lowest BCUT2D eigenvalue weighted by Gasteiger charge is -2.13. The Morgan fingerprint density at radius 3 is 2.70 bits per heavy atom. The molecular formula is C25H21N7O. The van der Waals surface area contributed by atoms with Crippen LogP contribution < -0.4 is 15.5 Å². The summed E-state index contributed by atoms with van der Waals surface area (Å²) in [4.78, 5) is 11.1. The van der Waals surface area contributed by atoms with E-state index in [9.17, 15) is 0 Å². The Morgan fingerprint density at radius 1 is 1.03 bits per heavy atom. The molecule has 5 aromatic rings. The maximum absolute atomic E-state index is 9.03. The number of hydrogen-bond donors (Lipinski definition) is 2. The Hall–Kier alpha value is -4.64. The minimum Gasteiger partial charge on any atom is -0.494 e. The van der Waals surface area contributed by atoms with Gasteiger partial charge >= 0.3 is 0 Å². The number of para-hydroxylation sites is 1. The molecule has 0 bridgehead atoms. The van der Waals surface area contributed by atoms with Gasteiger partial charge in [0.25, 0.3) is 0 Å². The van der Waals surface area contributed by atoms with Crippen LogP contribution >= 0.6 is 0 Å². The molecule has 0 unspecified atom stereocenters. The number of hydrogen-bond acceptors (Lipinski definition) is 7. The van der Waals surface area contributed by atoms with Crippen molar-refractivity contribution in [2.24, 2.45) is 0 Å². The average molecular weight is 435 g/mol. The first-order chi connectivity index (χ1) is 16.2. The second kappa shape index (κ2) is 8.85. The first-order valence-corrected chi connectivity index (χ1v) is 10.6. The summed E-state index contributed by atoms with van der Waals surface area (Å²) in [5.41, 5.74) is 6.34. The van der Waals surface area contributed by atoms with Crippen molar-refractivity contribution in [3.8, 4) is 11.8 Å². The van der Waals surface area contributed by atoms with E-state index in [1.54, 1.807) is 23.1 Å². The number of nitrogens with one attached hydrogen (secondary N) is 2. The summed E-state index contributed by atoms with van der Waals surface area (Å²) in [6.45, 7) is 2.70. The lowest BCUT2D eigenvalue weighted by molar-refractivity contribution is 0.318. The van der Waals surface area contributed by atoms with Gasteiger partial charge in [0.05, 0.1) is 35.5 Å². The van der Waals surface area contributed by atoms with E-state index in [0.717, 1.165) is 39.7 Å². The fourth-order valence-corrected chi connectivity index (χ4v) is 3.48. The van der Waals surface area contributed by atoms with Crippen molar-refractivity contribution in [1.82, 2.24) is 19.9 Å². The summed E-state index contributed by atoms with van der Waals surface area (Å²) in [7, 11) is 0. The molecular weight excluding hydrogens is 414 g/mol. The van der Waals surface area contributed by atoms with Gasteiger partial charge in [-0.25, -0.2) is 4.98 Å². The first-order valence-electron chi connectivity index (χ1n) is 10.6. The molecule has 162 valence electrons. The number of ether oxygens (including phenoxy) is 1. The van der Waals surface area contributed by atoms with Gasteiger partial charge in [0.2, 0.25) is 5.95 Å². The van der Waals surface area contributed by atoms with E-state index in [0.29, 0.717) is 23.9 Å². The van der Waals surface area contributed by atoms with Gasteiger partial charge in [0, 0.05) is 22.5 Å². The molecule has 2 heterocycles. The maximum Gasteiger partial charge on any atom is 0.229 e. The van der Waals surface area contributed by atoms with Crippen molar-refractivity contribution < 1.29 is 4.74 Å². The molecule has 8 heteroatoms. The fraction of sp³-hybridized carbons (Fsp3) is 0.120. The first kappa shape index (κ1) is 20.3. The van der Waals surface area contributed by atoms with Gasteiger partial charge in [-0.3, -0.25) is 5.43 Å². The molecule has 0 aliphatic carbocycles. The molecule has 0 atom stereocenters. The number of aromatic nitrogens is 4. The Labute approximate surface area is 190 Å². The third kappa shape index (κ3) is 4.25. The molecule has 2 aromatic heterocycles. The largest absolute Gasteiger partial charge is 0.494 e. The highest BCUT2D eigenvalue weighted by Gasteiger charge is 2.12. The SMILES string of the molecule is CCCOc1ccc2c(Nn3ncc4ccccc43)nc(Nc3ccc(C#N)cc3)nc2c1. The highest BCUT2D eigenvalue weighted by molar-refractivity contribution is 5.91. The van der Waals surface area contributed by atoms with Crippen LogP contribution in [0.4, 0.5) is 17.5 Å². The van der Waals surface area contributed by atoms with Gasteiger partial charge < -0.3 is 10.1 Å².